The molecule has 1 aromatic carbocycles. The van der Waals surface area contributed by atoms with Gasteiger partial charge in [0.25, 0.3) is 0 Å². The molecule has 0 N–H and O–H groups in total. The topological polar surface area (TPSA) is 29.5 Å². The molecule has 1 amide bonds. The molecule has 2 aliphatic carbocycles. The quantitative estimate of drug-likeness (QED) is 0.846. The maximum absolute atomic E-state index is 13.6. The van der Waals surface area contributed by atoms with Crippen molar-refractivity contribution in [1.82, 2.24) is 4.90 Å². The van der Waals surface area contributed by atoms with Crippen LogP contribution in [0.3, 0.4) is 0 Å². The van der Waals surface area contributed by atoms with E-state index < -0.39 is 0 Å². The van der Waals surface area contributed by atoms with E-state index in [1.54, 1.807) is 0 Å². The summed E-state index contributed by atoms with van der Waals surface area (Å²) >= 11 is 0. The van der Waals surface area contributed by atoms with Crippen LogP contribution in [0.2, 0.25) is 0 Å². The van der Waals surface area contributed by atoms with Crippen molar-refractivity contribution in [1.29, 1.82) is 0 Å². The Morgan fingerprint density at radius 3 is 2.54 bits per heavy atom. The van der Waals surface area contributed by atoms with Gasteiger partial charge in [-0.05, 0) is 37.2 Å². The normalized spacial score (nSPS) is 31.9. The molecule has 3 fully saturated rings. The highest BCUT2D eigenvalue weighted by molar-refractivity contribution is 5.89. The third kappa shape index (κ3) is 2.57. The highest BCUT2D eigenvalue weighted by atomic mass is 16.5. The minimum Gasteiger partial charge on any atom is -0.381 e. The lowest BCUT2D eigenvalue weighted by Gasteiger charge is -2.33. The van der Waals surface area contributed by atoms with E-state index in [9.17, 15) is 4.79 Å². The summed E-state index contributed by atoms with van der Waals surface area (Å²) in [4.78, 5) is 15.8. The molecule has 0 spiro atoms. The molecule has 0 bridgehead atoms. The number of likely N-dealkylation sites (tertiary alicyclic amines) is 1. The first-order valence-corrected chi connectivity index (χ1v) is 9.62. The molecule has 1 aromatic rings. The summed E-state index contributed by atoms with van der Waals surface area (Å²) in [6.45, 7) is 1.84. The fraction of sp³-hybridized carbons (Fsp3) is 0.667. The van der Waals surface area contributed by atoms with E-state index in [-0.39, 0.29) is 5.41 Å². The lowest BCUT2D eigenvalue weighted by Crippen LogP contribution is -2.45. The van der Waals surface area contributed by atoms with Crippen molar-refractivity contribution < 1.29 is 9.53 Å². The van der Waals surface area contributed by atoms with Crippen LogP contribution in [0, 0.1) is 11.8 Å². The molecule has 3 nitrogen and oxygen atoms in total. The van der Waals surface area contributed by atoms with E-state index in [2.05, 4.69) is 29.2 Å². The number of benzene rings is 1. The maximum Gasteiger partial charge on any atom is 0.233 e. The van der Waals surface area contributed by atoms with E-state index in [0.717, 1.165) is 32.4 Å². The molecule has 0 unspecified atom stereocenters. The number of carbonyl (C=O) groups excluding carboxylic acids is 1. The van der Waals surface area contributed by atoms with Crippen LogP contribution in [-0.4, -0.2) is 37.1 Å². The molecule has 3 heteroatoms. The van der Waals surface area contributed by atoms with Gasteiger partial charge in [0.1, 0.15) is 0 Å². The van der Waals surface area contributed by atoms with Crippen LogP contribution in [0.15, 0.2) is 30.3 Å². The number of rotatable bonds is 3. The number of hydrogen-bond donors (Lipinski definition) is 0. The van der Waals surface area contributed by atoms with E-state index >= 15 is 0 Å². The Bertz CT molecular complexity index is 579. The molecule has 2 saturated carbocycles. The molecule has 24 heavy (non-hydrogen) atoms. The van der Waals surface area contributed by atoms with Gasteiger partial charge in [0.15, 0.2) is 0 Å². The first kappa shape index (κ1) is 16.1. The first-order valence-electron chi connectivity index (χ1n) is 9.62. The third-order valence-electron chi connectivity index (χ3n) is 6.82. The summed E-state index contributed by atoms with van der Waals surface area (Å²) in [5.41, 5.74) is 0.961. The van der Waals surface area contributed by atoms with Gasteiger partial charge >= 0.3 is 0 Å². The fourth-order valence-corrected chi connectivity index (χ4v) is 5.54. The average Bonchev–Trinajstić information content (AvgIpc) is 3.29. The number of carbonyl (C=O) groups is 1. The number of amides is 1. The minimum absolute atomic E-state index is 0.267. The Morgan fingerprint density at radius 1 is 1.08 bits per heavy atom. The van der Waals surface area contributed by atoms with Crippen molar-refractivity contribution in [2.45, 2.75) is 56.5 Å². The molecule has 4 rings (SSSR count). The summed E-state index contributed by atoms with van der Waals surface area (Å²) in [6.07, 6.45) is 8.36. The number of methoxy groups -OCH3 is 1. The third-order valence-corrected chi connectivity index (χ3v) is 6.82. The highest BCUT2D eigenvalue weighted by Crippen LogP contribution is 2.45. The lowest BCUT2D eigenvalue weighted by atomic mass is 9.77. The number of ether oxygens (including phenoxy) is 1. The van der Waals surface area contributed by atoms with Crippen molar-refractivity contribution in [2.75, 3.05) is 20.2 Å². The lowest BCUT2D eigenvalue weighted by molar-refractivity contribution is -0.136. The Balaban J connectivity index is 1.58. The summed E-state index contributed by atoms with van der Waals surface area (Å²) in [5, 5.41) is 0. The van der Waals surface area contributed by atoms with Crippen LogP contribution in [0.5, 0.6) is 0 Å². The van der Waals surface area contributed by atoms with E-state index in [1.165, 1.54) is 31.2 Å². The van der Waals surface area contributed by atoms with Gasteiger partial charge in [-0.25, -0.2) is 0 Å². The van der Waals surface area contributed by atoms with Crippen molar-refractivity contribution in [3.63, 3.8) is 0 Å². The maximum atomic E-state index is 13.6. The van der Waals surface area contributed by atoms with Gasteiger partial charge in [-0.2, -0.15) is 0 Å². The second kappa shape index (κ2) is 6.51. The SMILES string of the molecule is CO[C@@H]1CCC[C@@H]2CN(C(=O)C3(c4ccccc4)CCCC3)C[C@@H]21. The van der Waals surface area contributed by atoms with Crippen LogP contribution in [0.25, 0.3) is 0 Å². The zero-order valence-electron chi connectivity index (χ0n) is 14.7. The van der Waals surface area contributed by atoms with Gasteiger partial charge in [-0.15, -0.1) is 0 Å². The minimum atomic E-state index is -0.267. The second-order valence-corrected chi connectivity index (χ2v) is 7.99. The summed E-state index contributed by atoms with van der Waals surface area (Å²) in [7, 11) is 1.83. The number of nitrogens with zero attached hydrogens (tertiary/aromatic N) is 1. The molecule has 3 atom stereocenters. The van der Waals surface area contributed by atoms with Crippen LogP contribution in [0.1, 0.15) is 50.5 Å². The molecule has 0 aromatic heterocycles. The largest absolute Gasteiger partial charge is 0.381 e. The number of fused-ring (bicyclic) bond motifs is 1. The van der Waals surface area contributed by atoms with E-state index in [1.807, 2.05) is 13.2 Å². The standard InChI is InChI=1S/C21H29NO2/c1-24-19-11-7-8-16-14-22(15-18(16)19)20(23)21(12-5-6-13-21)17-9-3-2-4-10-17/h2-4,9-10,16,18-19H,5-8,11-15H2,1H3/t16-,18+,19-/m1/s1. The number of hydrogen-bond acceptors (Lipinski definition) is 2. The summed E-state index contributed by atoms with van der Waals surface area (Å²) in [6, 6.07) is 10.5. The molecule has 1 heterocycles. The van der Waals surface area contributed by atoms with Gasteiger partial charge in [-0.1, -0.05) is 49.6 Å². The predicted octanol–water partition coefficient (Wildman–Crippen LogP) is 3.77. The van der Waals surface area contributed by atoms with Crippen molar-refractivity contribution in [2.24, 2.45) is 11.8 Å². The first-order chi connectivity index (χ1) is 11.7. The summed E-state index contributed by atoms with van der Waals surface area (Å²) in [5.74, 6) is 1.57. The van der Waals surface area contributed by atoms with Gasteiger partial charge in [0.2, 0.25) is 5.91 Å². The Hall–Kier alpha value is -1.35. The molecular formula is C21H29NO2. The molecule has 3 aliphatic rings. The Kier molecular flexibility index (Phi) is 4.38. The Morgan fingerprint density at radius 2 is 1.83 bits per heavy atom. The molecule has 130 valence electrons. The highest BCUT2D eigenvalue weighted by Gasteiger charge is 2.49. The van der Waals surface area contributed by atoms with Gasteiger partial charge in [-0.3, -0.25) is 4.79 Å². The van der Waals surface area contributed by atoms with Crippen LogP contribution in [0.4, 0.5) is 0 Å². The summed E-state index contributed by atoms with van der Waals surface area (Å²) < 4.78 is 5.73. The van der Waals surface area contributed by atoms with Crippen LogP contribution < -0.4 is 0 Å². The zero-order valence-corrected chi connectivity index (χ0v) is 14.7. The van der Waals surface area contributed by atoms with Crippen molar-refractivity contribution >= 4 is 5.91 Å². The molecular weight excluding hydrogens is 298 g/mol. The van der Waals surface area contributed by atoms with Gasteiger partial charge < -0.3 is 9.64 Å². The predicted molar refractivity (Wildman–Crippen MR) is 94.8 cm³/mol. The monoisotopic (exact) mass is 327 g/mol. The molecule has 1 aliphatic heterocycles. The second-order valence-electron chi connectivity index (χ2n) is 7.99. The van der Waals surface area contributed by atoms with Crippen LogP contribution in [-0.2, 0) is 14.9 Å². The van der Waals surface area contributed by atoms with Crippen molar-refractivity contribution in [3.8, 4) is 0 Å². The van der Waals surface area contributed by atoms with E-state index in [0.29, 0.717) is 23.8 Å². The smallest absolute Gasteiger partial charge is 0.233 e. The Labute approximate surface area is 145 Å². The molecule has 0 radical (unpaired) electrons. The average molecular weight is 327 g/mol. The van der Waals surface area contributed by atoms with Crippen LogP contribution >= 0.6 is 0 Å². The molecule has 1 saturated heterocycles. The zero-order chi connectivity index (χ0) is 16.6. The fourth-order valence-electron chi connectivity index (χ4n) is 5.54. The van der Waals surface area contributed by atoms with Gasteiger partial charge in [0, 0.05) is 26.1 Å². The van der Waals surface area contributed by atoms with Gasteiger partial charge in [0.05, 0.1) is 11.5 Å². The van der Waals surface area contributed by atoms with Crippen molar-refractivity contribution in [3.05, 3.63) is 35.9 Å². The van der Waals surface area contributed by atoms with E-state index in [4.69, 9.17) is 4.74 Å².